The molecule has 3 aromatic rings. The molecule has 0 atom stereocenters. The van der Waals surface area contributed by atoms with E-state index in [1.807, 2.05) is 0 Å². The number of piperazine rings is 1. The highest BCUT2D eigenvalue weighted by atomic mass is 16.2. The van der Waals surface area contributed by atoms with E-state index in [2.05, 4.69) is 27.0 Å². The van der Waals surface area contributed by atoms with Gasteiger partial charge in [0, 0.05) is 38.8 Å². The maximum absolute atomic E-state index is 13.4. The van der Waals surface area contributed by atoms with Crippen molar-refractivity contribution in [3.8, 4) is 11.8 Å². The van der Waals surface area contributed by atoms with Gasteiger partial charge in [0.25, 0.3) is 5.56 Å². The van der Waals surface area contributed by atoms with Crippen LogP contribution in [-0.2, 0) is 20.1 Å². The quantitative estimate of drug-likeness (QED) is 0.469. The summed E-state index contributed by atoms with van der Waals surface area (Å²) in [6.07, 6.45) is 0. The van der Waals surface area contributed by atoms with E-state index in [1.54, 1.807) is 48.9 Å². The standard InChI is InChI=1S/C22H24N6O3/c1-3-4-12-27-18-19(24-21(27)26-13-10-23-11-14-26)25(2)22(31)28(20(18)30)15-17(29)16-8-6-5-7-9-16/h5-9,23H,10-15H2,1-2H3. The minimum atomic E-state index is -0.570. The third kappa shape index (κ3) is 3.78. The van der Waals surface area contributed by atoms with Crippen molar-refractivity contribution in [1.82, 2.24) is 24.0 Å². The third-order valence-corrected chi connectivity index (χ3v) is 5.42. The van der Waals surface area contributed by atoms with Gasteiger partial charge in [-0.3, -0.25) is 23.3 Å². The molecule has 1 aliphatic heterocycles. The highest BCUT2D eigenvalue weighted by Gasteiger charge is 2.24. The van der Waals surface area contributed by atoms with Crippen molar-refractivity contribution in [2.75, 3.05) is 31.1 Å². The Morgan fingerprint density at radius 3 is 2.52 bits per heavy atom. The zero-order chi connectivity index (χ0) is 22.0. The molecule has 1 N–H and O–H groups in total. The SMILES string of the molecule is CC#CCn1c(N2CCNCC2)nc2c1c(=O)n(CC(=O)c1ccccc1)c(=O)n2C. The summed E-state index contributed by atoms with van der Waals surface area (Å²) in [5.74, 6) is 6.16. The van der Waals surface area contributed by atoms with Gasteiger partial charge in [0.2, 0.25) is 5.95 Å². The molecule has 2 aromatic heterocycles. The van der Waals surface area contributed by atoms with Crippen molar-refractivity contribution in [2.24, 2.45) is 7.05 Å². The number of aromatic nitrogens is 4. The molecule has 0 spiro atoms. The average Bonchev–Trinajstić information content (AvgIpc) is 3.19. The molecule has 0 bridgehead atoms. The van der Waals surface area contributed by atoms with E-state index in [1.165, 1.54) is 4.57 Å². The Labute approximate surface area is 178 Å². The molecule has 0 aliphatic carbocycles. The number of carbonyl (C=O) groups excluding carboxylic acids is 1. The normalized spacial score (nSPS) is 13.8. The number of fused-ring (bicyclic) bond motifs is 1. The van der Waals surface area contributed by atoms with Crippen LogP contribution in [0.1, 0.15) is 17.3 Å². The molecule has 1 saturated heterocycles. The molecule has 1 aromatic carbocycles. The van der Waals surface area contributed by atoms with E-state index in [0.717, 1.165) is 30.7 Å². The second kappa shape index (κ2) is 8.62. The maximum Gasteiger partial charge on any atom is 0.332 e. The van der Waals surface area contributed by atoms with Crippen molar-refractivity contribution in [1.29, 1.82) is 0 Å². The first kappa shape index (κ1) is 20.6. The molecule has 0 saturated carbocycles. The van der Waals surface area contributed by atoms with Gasteiger partial charge in [-0.15, -0.1) is 5.92 Å². The van der Waals surface area contributed by atoms with Crippen molar-refractivity contribution >= 4 is 22.9 Å². The number of benzene rings is 1. The zero-order valence-corrected chi connectivity index (χ0v) is 17.6. The predicted molar refractivity (Wildman–Crippen MR) is 119 cm³/mol. The van der Waals surface area contributed by atoms with Gasteiger partial charge in [-0.2, -0.15) is 4.98 Å². The van der Waals surface area contributed by atoms with Crippen LogP contribution in [0.4, 0.5) is 5.95 Å². The summed E-state index contributed by atoms with van der Waals surface area (Å²) in [5.41, 5.74) is -0.0819. The number of imidazole rings is 1. The van der Waals surface area contributed by atoms with E-state index in [0.29, 0.717) is 17.2 Å². The molecule has 3 heterocycles. The van der Waals surface area contributed by atoms with E-state index in [-0.39, 0.29) is 24.4 Å². The second-order valence-electron chi connectivity index (χ2n) is 7.36. The average molecular weight is 420 g/mol. The van der Waals surface area contributed by atoms with Gasteiger partial charge < -0.3 is 10.2 Å². The van der Waals surface area contributed by atoms with Crippen molar-refractivity contribution in [3.05, 3.63) is 56.7 Å². The van der Waals surface area contributed by atoms with Crippen molar-refractivity contribution < 1.29 is 4.79 Å². The Balaban J connectivity index is 1.89. The molecule has 0 unspecified atom stereocenters. The van der Waals surface area contributed by atoms with Gasteiger partial charge >= 0.3 is 5.69 Å². The van der Waals surface area contributed by atoms with Crippen molar-refractivity contribution in [3.63, 3.8) is 0 Å². The van der Waals surface area contributed by atoms with Gasteiger partial charge in [-0.25, -0.2) is 4.79 Å². The zero-order valence-electron chi connectivity index (χ0n) is 17.6. The summed E-state index contributed by atoms with van der Waals surface area (Å²) < 4.78 is 4.07. The minimum absolute atomic E-state index is 0.270. The number of carbonyl (C=O) groups is 1. The fourth-order valence-electron chi connectivity index (χ4n) is 3.77. The van der Waals surface area contributed by atoms with Crippen LogP contribution in [0.15, 0.2) is 39.9 Å². The Hall–Kier alpha value is -3.64. The van der Waals surface area contributed by atoms with Crippen LogP contribution in [0.25, 0.3) is 11.2 Å². The number of ketones is 1. The Morgan fingerprint density at radius 2 is 1.84 bits per heavy atom. The molecule has 0 amide bonds. The number of anilines is 1. The number of hydrogen-bond acceptors (Lipinski definition) is 6. The molecule has 160 valence electrons. The van der Waals surface area contributed by atoms with Crippen LogP contribution in [0.3, 0.4) is 0 Å². The summed E-state index contributed by atoms with van der Waals surface area (Å²) in [5, 5.41) is 3.29. The topological polar surface area (TPSA) is 94.2 Å². The van der Waals surface area contributed by atoms with Crippen LogP contribution in [0.5, 0.6) is 0 Å². The first-order valence-electron chi connectivity index (χ1n) is 10.2. The number of nitrogens with one attached hydrogen (secondary N) is 1. The fourth-order valence-corrected chi connectivity index (χ4v) is 3.77. The summed E-state index contributed by atoms with van der Waals surface area (Å²) in [6.45, 7) is 4.74. The van der Waals surface area contributed by atoms with Crippen LogP contribution >= 0.6 is 0 Å². The van der Waals surface area contributed by atoms with Crippen LogP contribution in [0, 0.1) is 11.8 Å². The first-order valence-corrected chi connectivity index (χ1v) is 10.2. The monoisotopic (exact) mass is 420 g/mol. The smallest absolute Gasteiger partial charge is 0.332 e. The summed E-state index contributed by atoms with van der Waals surface area (Å²) in [4.78, 5) is 45.8. The predicted octanol–water partition coefficient (Wildman–Crippen LogP) is 0.213. The fraction of sp³-hybridized carbons (Fsp3) is 0.364. The first-order chi connectivity index (χ1) is 15.0. The third-order valence-electron chi connectivity index (χ3n) is 5.42. The van der Waals surface area contributed by atoms with Crippen LogP contribution in [-0.4, -0.2) is 50.6 Å². The lowest BCUT2D eigenvalue weighted by atomic mass is 10.1. The lowest BCUT2D eigenvalue weighted by Gasteiger charge is -2.28. The molecule has 9 nitrogen and oxygen atoms in total. The lowest BCUT2D eigenvalue weighted by Crippen LogP contribution is -2.44. The highest BCUT2D eigenvalue weighted by molar-refractivity contribution is 5.95. The molecular formula is C22H24N6O3. The van der Waals surface area contributed by atoms with E-state index in [4.69, 9.17) is 0 Å². The number of hydrogen-bond donors (Lipinski definition) is 1. The van der Waals surface area contributed by atoms with E-state index >= 15 is 0 Å². The number of aryl methyl sites for hydroxylation is 1. The summed E-state index contributed by atoms with van der Waals surface area (Å²) >= 11 is 0. The minimum Gasteiger partial charge on any atom is -0.340 e. The Kier molecular flexibility index (Phi) is 5.73. The number of rotatable bonds is 5. The Bertz CT molecular complexity index is 1300. The van der Waals surface area contributed by atoms with Gasteiger partial charge in [0.05, 0.1) is 13.1 Å². The maximum atomic E-state index is 13.4. The molecule has 4 rings (SSSR count). The van der Waals surface area contributed by atoms with Gasteiger partial charge in [-0.05, 0) is 6.92 Å². The molecule has 9 heteroatoms. The highest BCUT2D eigenvalue weighted by Crippen LogP contribution is 2.20. The molecule has 0 radical (unpaired) electrons. The molecular weight excluding hydrogens is 396 g/mol. The van der Waals surface area contributed by atoms with Crippen LogP contribution < -0.4 is 21.5 Å². The van der Waals surface area contributed by atoms with Gasteiger partial charge in [0.1, 0.15) is 0 Å². The molecule has 1 fully saturated rings. The van der Waals surface area contributed by atoms with Gasteiger partial charge in [0.15, 0.2) is 16.9 Å². The lowest BCUT2D eigenvalue weighted by molar-refractivity contribution is 0.0969. The summed E-state index contributed by atoms with van der Waals surface area (Å²) in [7, 11) is 1.57. The molecule has 1 aliphatic rings. The van der Waals surface area contributed by atoms with E-state index < -0.39 is 11.2 Å². The van der Waals surface area contributed by atoms with Crippen LogP contribution in [0.2, 0.25) is 0 Å². The van der Waals surface area contributed by atoms with Gasteiger partial charge in [-0.1, -0.05) is 36.3 Å². The summed E-state index contributed by atoms with van der Waals surface area (Å²) in [6, 6.07) is 8.63. The Morgan fingerprint density at radius 1 is 1.13 bits per heavy atom. The van der Waals surface area contributed by atoms with E-state index in [9.17, 15) is 14.4 Å². The largest absolute Gasteiger partial charge is 0.340 e. The second-order valence-corrected chi connectivity index (χ2v) is 7.36. The van der Waals surface area contributed by atoms with Crippen molar-refractivity contribution in [2.45, 2.75) is 20.0 Å². The number of nitrogens with zero attached hydrogens (tertiary/aromatic N) is 5. The molecule has 31 heavy (non-hydrogen) atoms. The number of Topliss-reactive ketones (excluding diaryl/α,β-unsaturated/α-hetero) is 1.